The molecule has 6 rings (SSSR count). The van der Waals surface area contributed by atoms with E-state index < -0.39 is 0 Å². The van der Waals surface area contributed by atoms with Gasteiger partial charge in [-0.2, -0.15) is 5.10 Å². The molecule has 0 unspecified atom stereocenters. The summed E-state index contributed by atoms with van der Waals surface area (Å²) in [7, 11) is 2.03. The number of piperazine rings is 1. The Balaban J connectivity index is 1.14. The van der Waals surface area contributed by atoms with Crippen LogP contribution in [0.25, 0.3) is 21.9 Å². The molecular weight excluding hydrogens is 418 g/mol. The first kappa shape index (κ1) is 19.8. The number of nitrogens with one attached hydrogen (secondary N) is 1. The van der Waals surface area contributed by atoms with E-state index in [-0.39, 0.29) is 24.2 Å². The Bertz CT molecular complexity index is 1370. The topological polar surface area (TPSA) is 90.4 Å². The Morgan fingerprint density at radius 1 is 1.03 bits per heavy atom. The van der Waals surface area contributed by atoms with Crippen molar-refractivity contribution >= 4 is 45.5 Å². The normalized spacial score (nSPS) is 19.2. The average molecular weight is 444 g/mol. The fourth-order valence-electron chi connectivity index (χ4n) is 5.03. The summed E-state index contributed by atoms with van der Waals surface area (Å²) < 4.78 is 2.11. The summed E-state index contributed by atoms with van der Waals surface area (Å²) in [5.41, 5.74) is 2.96. The van der Waals surface area contributed by atoms with E-state index in [1.54, 1.807) is 4.90 Å². The van der Waals surface area contributed by atoms with Gasteiger partial charge in [0, 0.05) is 51.6 Å². The molecule has 1 atom stereocenters. The number of anilines is 2. The number of H-pyrrole nitrogens is 1. The molecule has 2 amide bonds. The van der Waals surface area contributed by atoms with Gasteiger partial charge in [-0.25, -0.2) is 4.98 Å². The van der Waals surface area contributed by atoms with Crippen LogP contribution in [0.1, 0.15) is 6.42 Å². The molecule has 9 heteroatoms. The maximum absolute atomic E-state index is 13.3. The number of benzene rings is 2. The van der Waals surface area contributed by atoms with Crippen molar-refractivity contribution in [1.82, 2.24) is 24.6 Å². The smallest absolute Gasteiger partial charge is 0.229 e. The minimum Gasteiger partial charge on any atom is -0.339 e. The zero-order valence-electron chi connectivity index (χ0n) is 18.4. The Morgan fingerprint density at radius 2 is 1.79 bits per heavy atom. The lowest BCUT2D eigenvalue weighted by atomic mass is 10.1. The summed E-state index contributed by atoms with van der Waals surface area (Å²) in [5.74, 6) is 1.20. The molecule has 2 aromatic carbocycles. The fraction of sp³-hybridized carbons (Fsp3) is 0.333. The number of aromatic amines is 1. The summed E-state index contributed by atoms with van der Waals surface area (Å²) in [5, 5.41) is 8.22. The van der Waals surface area contributed by atoms with Gasteiger partial charge in [-0.1, -0.05) is 24.3 Å². The van der Waals surface area contributed by atoms with Crippen molar-refractivity contribution in [2.24, 2.45) is 13.0 Å². The number of fused-ring (bicyclic) bond motifs is 2. The van der Waals surface area contributed by atoms with E-state index in [0.29, 0.717) is 25.5 Å². The largest absolute Gasteiger partial charge is 0.339 e. The van der Waals surface area contributed by atoms with Crippen molar-refractivity contribution in [2.75, 3.05) is 42.5 Å². The maximum Gasteiger partial charge on any atom is 0.229 e. The second-order valence-corrected chi connectivity index (χ2v) is 8.77. The first-order valence-electron chi connectivity index (χ1n) is 11.3. The number of para-hydroxylation sites is 3. The third kappa shape index (κ3) is 3.23. The summed E-state index contributed by atoms with van der Waals surface area (Å²) in [4.78, 5) is 36.6. The number of aromatic nitrogens is 4. The van der Waals surface area contributed by atoms with Gasteiger partial charge in [-0.05, 0) is 24.3 Å². The van der Waals surface area contributed by atoms with Gasteiger partial charge >= 0.3 is 0 Å². The molecule has 0 aliphatic carbocycles. The second-order valence-electron chi connectivity index (χ2n) is 8.77. The van der Waals surface area contributed by atoms with Crippen LogP contribution < -0.4 is 9.80 Å². The van der Waals surface area contributed by atoms with Crippen LogP contribution in [0.3, 0.4) is 0 Å². The van der Waals surface area contributed by atoms with Gasteiger partial charge in [-0.15, -0.1) is 0 Å². The quantitative estimate of drug-likeness (QED) is 0.524. The van der Waals surface area contributed by atoms with Gasteiger partial charge in [0.2, 0.25) is 17.8 Å². The molecule has 0 radical (unpaired) electrons. The molecule has 0 spiro atoms. The molecule has 9 nitrogen and oxygen atoms in total. The Morgan fingerprint density at radius 3 is 2.61 bits per heavy atom. The summed E-state index contributed by atoms with van der Waals surface area (Å²) in [6, 6.07) is 15.8. The van der Waals surface area contributed by atoms with Crippen LogP contribution in [0.15, 0.2) is 48.5 Å². The monoisotopic (exact) mass is 443 g/mol. The number of amides is 2. The average Bonchev–Trinajstić information content (AvgIpc) is 3.54. The number of rotatable bonds is 3. The van der Waals surface area contributed by atoms with Crippen LogP contribution >= 0.6 is 0 Å². The zero-order chi connectivity index (χ0) is 22.5. The first-order valence-corrected chi connectivity index (χ1v) is 11.3. The number of carbonyl (C=O) groups is 2. The molecule has 1 N–H and O–H groups in total. The minimum absolute atomic E-state index is 0.0512. The summed E-state index contributed by atoms with van der Waals surface area (Å²) >= 11 is 0. The lowest BCUT2D eigenvalue weighted by Crippen LogP contribution is -2.51. The zero-order valence-corrected chi connectivity index (χ0v) is 18.4. The van der Waals surface area contributed by atoms with E-state index in [1.165, 1.54) is 0 Å². The Hall–Kier alpha value is -3.88. The standard InChI is InChI=1S/C24H25N7O2/c1-28-20-9-5-4-8-19(20)25-24(28)30-12-10-29(11-13-30)23(33)16-14-21(32)31(15-16)22-17-6-2-3-7-18(17)26-27-22/h2-9,16H,10-15H2,1H3,(H,26,27)/t16-/m1/s1. The second kappa shape index (κ2) is 7.61. The van der Waals surface area contributed by atoms with Crippen molar-refractivity contribution in [3.05, 3.63) is 48.5 Å². The van der Waals surface area contributed by atoms with Gasteiger partial charge in [0.15, 0.2) is 5.82 Å². The van der Waals surface area contributed by atoms with Crippen LogP contribution in [0, 0.1) is 5.92 Å². The summed E-state index contributed by atoms with van der Waals surface area (Å²) in [6.45, 7) is 3.06. The number of nitrogens with zero attached hydrogens (tertiary/aromatic N) is 6. The van der Waals surface area contributed by atoms with Gasteiger partial charge in [0.05, 0.1) is 22.5 Å². The van der Waals surface area contributed by atoms with Crippen LogP contribution in [-0.2, 0) is 16.6 Å². The fourth-order valence-corrected chi connectivity index (χ4v) is 5.03. The number of hydrogen-bond acceptors (Lipinski definition) is 5. The SMILES string of the molecule is Cn1c(N2CCN(C(=O)[C@@H]3CC(=O)N(c4n[nH]c5ccccc45)C3)CC2)nc2ccccc21. The highest BCUT2D eigenvalue weighted by Gasteiger charge is 2.39. The highest BCUT2D eigenvalue weighted by atomic mass is 16.2. The third-order valence-corrected chi connectivity index (χ3v) is 6.82. The van der Waals surface area contributed by atoms with Crippen LogP contribution in [0.4, 0.5) is 11.8 Å². The molecule has 2 aromatic heterocycles. The van der Waals surface area contributed by atoms with Gasteiger partial charge in [0.1, 0.15) is 0 Å². The molecule has 2 aliphatic heterocycles. The predicted molar refractivity (Wildman–Crippen MR) is 126 cm³/mol. The van der Waals surface area contributed by atoms with E-state index in [1.807, 2.05) is 54.4 Å². The number of imidazole rings is 1. The molecule has 4 aromatic rings. The van der Waals surface area contributed by atoms with Crippen LogP contribution in [0.5, 0.6) is 0 Å². The third-order valence-electron chi connectivity index (χ3n) is 6.82. The predicted octanol–water partition coefficient (Wildman–Crippen LogP) is 2.15. The van der Waals surface area contributed by atoms with Crippen molar-refractivity contribution in [3.8, 4) is 0 Å². The Labute approximate surface area is 190 Å². The number of aryl methyl sites for hydroxylation is 1. The number of carbonyl (C=O) groups excluding carboxylic acids is 2. The lowest BCUT2D eigenvalue weighted by Gasteiger charge is -2.36. The van der Waals surface area contributed by atoms with E-state index >= 15 is 0 Å². The molecule has 168 valence electrons. The molecule has 4 heterocycles. The lowest BCUT2D eigenvalue weighted by molar-refractivity contribution is -0.136. The number of hydrogen-bond donors (Lipinski definition) is 1. The van der Waals surface area contributed by atoms with E-state index in [0.717, 1.165) is 41.0 Å². The van der Waals surface area contributed by atoms with Gasteiger partial charge in [-0.3, -0.25) is 19.6 Å². The minimum atomic E-state index is -0.338. The molecule has 0 bridgehead atoms. The highest BCUT2D eigenvalue weighted by Crippen LogP contribution is 2.31. The summed E-state index contributed by atoms with van der Waals surface area (Å²) in [6.07, 6.45) is 0.227. The van der Waals surface area contributed by atoms with E-state index in [2.05, 4.69) is 25.7 Å². The maximum atomic E-state index is 13.3. The van der Waals surface area contributed by atoms with Crippen LogP contribution in [-0.4, -0.2) is 69.2 Å². The highest BCUT2D eigenvalue weighted by molar-refractivity contribution is 6.05. The van der Waals surface area contributed by atoms with Gasteiger partial charge in [0.25, 0.3) is 0 Å². The molecule has 2 aliphatic rings. The first-order chi connectivity index (χ1) is 16.1. The van der Waals surface area contributed by atoms with Crippen LogP contribution in [0.2, 0.25) is 0 Å². The van der Waals surface area contributed by atoms with E-state index in [4.69, 9.17) is 4.98 Å². The molecule has 33 heavy (non-hydrogen) atoms. The molecular formula is C24H25N7O2. The van der Waals surface area contributed by atoms with Crippen molar-refractivity contribution in [2.45, 2.75) is 6.42 Å². The molecule has 0 saturated carbocycles. The van der Waals surface area contributed by atoms with E-state index in [9.17, 15) is 9.59 Å². The Kier molecular flexibility index (Phi) is 4.56. The van der Waals surface area contributed by atoms with Crippen molar-refractivity contribution < 1.29 is 9.59 Å². The van der Waals surface area contributed by atoms with Gasteiger partial charge < -0.3 is 14.4 Å². The van der Waals surface area contributed by atoms with Crippen molar-refractivity contribution in [3.63, 3.8) is 0 Å². The molecule has 2 saturated heterocycles. The van der Waals surface area contributed by atoms with Crippen molar-refractivity contribution in [1.29, 1.82) is 0 Å². The molecule has 2 fully saturated rings.